The van der Waals surface area contributed by atoms with Crippen LogP contribution in [0.25, 0.3) is 16.9 Å². The second-order valence-electron chi connectivity index (χ2n) is 16.0. The van der Waals surface area contributed by atoms with Crippen molar-refractivity contribution < 1.29 is 61.6 Å². The molecule has 2 aliphatic rings. The molecule has 0 aliphatic carbocycles. The van der Waals surface area contributed by atoms with Crippen LogP contribution in [0.4, 0.5) is 11.5 Å². The number of imide groups is 2. The summed E-state index contributed by atoms with van der Waals surface area (Å²) < 4.78 is 40.5. The first-order chi connectivity index (χ1) is 34.8. The maximum absolute atomic E-state index is 13.2. The maximum atomic E-state index is 13.2. The number of nitrogens with one attached hydrogen (secondary N) is 5. The van der Waals surface area contributed by atoms with E-state index in [2.05, 4.69) is 41.8 Å². The van der Waals surface area contributed by atoms with Gasteiger partial charge in [0, 0.05) is 42.9 Å². The van der Waals surface area contributed by atoms with Crippen LogP contribution in [-0.2, 0) is 49.3 Å². The van der Waals surface area contributed by atoms with Crippen molar-refractivity contribution in [1.29, 1.82) is 0 Å². The number of benzene rings is 2. The summed E-state index contributed by atoms with van der Waals surface area (Å²) in [5, 5.41) is 22.3. The molecule has 378 valence electrons. The van der Waals surface area contributed by atoms with Crippen molar-refractivity contribution in [1.82, 2.24) is 40.4 Å². The van der Waals surface area contributed by atoms with E-state index in [0.29, 0.717) is 134 Å². The molecule has 5 N–H and O–H groups in total. The van der Waals surface area contributed by atoms with Crippen LogP contribution in [0.1, 0.15) is 62.5 Å². The molecule has 7 rings (SSSR count). The third kappa shape index (κ3) is 14.9. The normalized spacial score (nSPS) is 14.5. The van der Waals surface area contributed by atoms with E-state index >= 15 is 0 Å². The zero-order valence-electron chi connectivity index (χ0n) is 39.2. The van der Waals surface area contributed by atoms with Crippen LogP contribution >= 0.6 is 0 Å². The number of piperidine rings is 1. The fourth-order valence-electron chi connectivity index (χ4n) is 7.52. The van der Waals surface area contributed by atoms with E-state index in [4.69, 9.17) is 32.8 Å². The average Bonchev–Trinajstić information content (AvgIpc) is 4.15. The van der Waals surface area contributed by atoms with E-state index in [1.54, 1.807) is 43.1 Å². The molecular weight excluding hydrogens is 925 g/mol. The molecule has 0 spiro atoms. The predicted octanol–water partition coefficient (Wildman–Crippen LogP) is 2.24. The van der Waals surface area contributed by atoms with Gasteiger partial charge in [-0.1, -0.05) is 18.2 Å². The highest BCUT2D eigenvalue weighted by molar-refractivity contribution is 6.25. The minimum absolute atomic E-state index is 0.0265. The molecule has 1 saturated heterocycles. The van der Waals surface area contributed by atoms with Gasteiger partial charge in [-0.2, -0.15) is 0 Å². The molecule has 2 aromatic carbocycles. The largest absolute Gasteiger partial charge is 0.467 e. The van der Waals surface area contributed by atoms with Crippen LogP contribution in [0.5, 0.6) is 0 Å². The molecule has 2 aliphatic heterocycles. The zero-order valence-corrected chi connectivity index (χ0v) is 39.2. The third-order valence-electron chi connectivity index (χ3n) is 11.1. The highest BCUT2D eigenvalue weighted by atomic mass is 16.6. The predicted molar refractivity (Wildman–Crippen MR) is 253 cm³/mol. The number of hydrogen-bond donors (Lipinski definition) is 5. The van der Waals surface area contributed by atoms with E-state index < -0.39 is 29.7 Å². The molecule has 71 heavy (non-hydrogen) atoms. The van der Waals surface area contributed by atoms with E-state index in [1.807, 2.05) is 28.7 Å². The van der Waals surface area contributed by atoms with Crippen molar-refractivity contribution in [3.05, 3.63) is 95.8 Å². The minimum Gasteiger partial charge on any atom is -0.467 e. The molecule has 1 fully saturated rings. The quantitative estimate of drug-likeness (QED) is 0.0305. The number of furan rings is 1. The average molecular weight is 983 g/mol. The van der Waals surface area contributed by atoms with Gasteiger partial charge in [-0.05, 0) is 55.7 Å². The summed E-state index contributed by atoms with van der Waals surface area (Å²) in [5.41, 5.74) is 3.06. The third-order valence-corrected chi connectivity index (χ3v) is 11.1. The van der Waals surface area contributed by atoms with E-state index in [-0.39, 0.29) is 42.3 Å². The second kappa shape index (κ2) is 27.3. The van der Waals surface area contributed by atoms with Crippen LogP contribution in [0, 0.1) is 0 Å². The summed E-state index contributed by atoms with van der Waals surface area (Å²) in [6.45, 7) is 6.16. The molecule has 23 nitrogen and oxygen atoms in total. The number of hydrogen-bond acceptors (Lipinski definition) is 18. The van der Waals surface area contributed by atoms with E-state index in [9.17, 15) is 28.8 Å². The van der Waals surface area contributed by atoms with Gasteiger partial charge in [0.1, 0.15) is 29.6 Å². The number of fused-ring (bicyclic) bond motifs is 2. The van der Waals surface area contributed by atoms with Crippen LogP contribution < -0.4 is 26.6 Å². The molecule has 5 heterocycles. The summed E-state index contributed by atoms with van der Waals surface area (Å²) in [6.07, 6.45) is 6.45. The molecule has 23 heteroatoms. The molecular formula is C48H58N10O13. The first-order valence-corrected chi connectivity index (χ1v) is 23.4. The molecule has 1 unspecified atom stereocenters. The van der Waals surface area contributed by atoms with Crippen LogP contribution in [0.3, 0.4) is 0 Å². The van der Waals surface area contributed by atoms with Crippen LogP contribution in [0.2, 0.25) is 0 Å². The molecule has 6 amide bonds. The van der Waals surface area contributed by atoms with Gasteiger partial charge in [-0.3, -0.25) is 43.4 Å². The van der Waals surface area contributed by atoms with Crippen molar-refractivity contribution in [3.63, 3.8) is 0 Å². The Kier molecular flexibility index (Phi) is 19.9. The van der Waals surface area contributed by atoms with Crippen LogP contribution in [-0.4, -0.2) is 165 Å². The van der Waals surface area contributed by atoms with Crippen molar-refractivity contribution in [2.24, 2.45) is 0 Å². The fourth-order valence-corrected chi connectivity index (χ4v) is 7.52. The SMILES string of the molecule is O=C(CNc1cccc2c1C(=O)N(C1CCC(=O)NC1=O)C2=O)NCCCCOCCOCCOCCOCCOCCOCCNC(=O)c1ccc(-c2ncc(NCc3ccco3)n3cnnc23)cc1. The summed E-state index contributed by atoms with van der Waals surface area (Å²) in [7, 11) is 0. The van der Waals surface area contributed by atoms with Gasteiger partial charge in [0.2, 0.25) is 17.7 Å². The van der Waals surface area contributed by atoms with Crippen molar-refractivity contribution in [2.45, 2.75) is 38.3 Å². The number of unbranched alkanes of at least 4 members (excludes halogenated alkanes) is 1. The topological polar surface area (TPSA) is 277 Å². The standard InChI is InChI=1S/C48H58N10O13/c59-40-13-12-38(46(62)55-40)58-47(63)36-6-3-7-37(42(36)48(58)64)51-31-41(60)49-14-1-2-16-65-19-21-67-23-25-69-27-28-70-26-24-68-22-20-66-18-15-50-45(61)34-10-8-33(9-11-34)43-44-56-54-32-57(44)39(30-53-43)52-29-35-5-4-17-71-35/h3-11,17,30,32,38,51-52H,1-2,12-16,18-29,31H2,(H,49,60)(H,50,61)(H,55,59,62). The minimum atomic E-state index is -1.07. The van der Waals surface area contributed by atoms with Gasteiger partial charge < -0.3 is 54.1 Å². The number of nitrogens with zero attached hydrogens (tertiary/aromatic N) is 5. The Bertz CT molecular complexity index is 2560. The Morgan fingerprint density at radius 2 is 1.42 bits per heavy atom. The molecule has 5 aromatic rings. The summed E-state index contributed by atoms with van der Waals surface area (Å²) in [6, 6.07) is 14.4. The molecule has 1 atom stereocenters. The highest BCUT2D eigenvalue weighted by Crippen LogP contribution is 2.32. The van der Waals surface area contributed by atoms with E-state index in [0.717, 1.165) is 22.6 Å². The maximum Gasteiger partial charge on any atom is 0.264 e. The number of ether oxygens (including phenoxy) is 6. The first-order valence-electron chi connectivity index (χ1n) is 23.4. The Labute approximate surface area is 408 Å². The second-order valence-corrected chi connectivity index (χ2v) is 16.0. The summed E-state index contributed by atoms with van der Waals surface area (Å²) >= 11 is 0. The van der Waals surface area contributed by atoms with Crippen molar-refractivity contribution >= 4 is 52.6 Å². The molecule has 0 saturated carbocycles. The summed E-state index contributed by atoms with van der Waals surface area (Å²) in [5.74, 6) is -1.40. The number of anilines is 2. The number of carbonyl (C=O) groups excluding carboxylic acids is 6. The van der Waals surface area contributed by atoms with Gasteiger partial charge in [-0.15, -0.1) is 10.2 Å². The van der Waals surface area contributed by atoms with Gasteiger partial charge in [0.25, 0.3) is 17.7 Å². The zero-order chi connectivity index (χ0) is 49.6. The fraction of sp³-hybridized carbons (Fsp3) is 0.438. The summed E-state index contributed by atoms with van der Waals surface area (Å²) in [4.78, 5) is 80.8. The van der Waals surface area contributed by atoms with Gasteiger partial charge >= 0.3 is 0 Å². The van der Waals surface area contributed by atoms with Gasteiger partial charge in [0.05, 0.1) is 109 Å². The monoisotopic (exact) mass is 982 g/mol. The van der Waals surface area contributed by atoms with Crippen molar-refractivity contribution in [3.8, 4) is 11.3 Å². The van der Waals surface area contributed by atoms with Crippen molar-refractivity contribution in [2.75, 3.05) is 110 Å². The first kappa shape index (κ1) is 51.7. The Balaban J connectivity index is 0.610. The van der Waals surface area contributed by atoms with Gasteiger partial charge in [-0.25, -0.2) is 4.98 Å². The number of aromatic nitrogens is 4. The Morgan fingerprint density at radius 1 is 0.732 bits per heavy atom. The lowest BCUT2D eigenvalue weighted by atomic mass is 10.0. The molecule has 0 radical (unpaired) electrons. The van der Waals surface area contributed by atoms with E-state index in [1.165, 1.54) is 6.07 Å². The smallest absolute Gasteiger partial charge is 0.264 e. The molecule has 3 aromatic heterocycles. The number of rotatable bonds is 32. The van der Waals surface area contributed by atoms with Gasteiger partial charge in [0.15, 0.2) is 5.65 Å². The number of carbonyl (C=O) groups is 6. The Morgan fingerprint density at radius 3 is 2.10 bits per heavy atom. The van der Waals surface area contributed by atoms with Crippen LogP contribution in [0.15, 0.2) is 77.8 Å². The lowest BCUT2D eigenvalue weighted by molar-refractivity contribution is -0.136. The highest BCUT2D eigenvalue weighted by Gasteiger charge is 2.45. The molecule has 0 bridgehead atoms. The lowest BCUT2D eigenvalue weighted by Gasteiger charge is -2.27. The Hall–Kier alpha value is -7.15. The lowest BCUT2D eigenvalue weighted by Crippen LogP contribution is -2.54. The number of amides is 6.